The van der Waals surface area contributed by atoms with Crippen molar-refractivity contribution in [2.45, 2.75) is 51.2 Å². The maximum atomic E-state index is 13.0. The number of nitrogens with zero attached hydrogens (tertiary/aromatic N) is 2. The molecule has 2 aromatic rings. The van der Waals surface area contributed by atoms with Gasteiger partial charge in [0, 0.05) is 45.7 Å². The molecule has 2 heterocycles. The first-order valence-corrected chi connectivity index (χ1v) is 11.0. The van der Waals surface area contributed by atoms with E-state index in [0.717, 1.165) is 17.8 Å². The molecule has 0 radical (unpaired) electrons. The number of anilines is 1. The Labute approximate surface area is 188 Å². The van der Waals surface area contributed by atoms with Gasteiger partial charge in [-0.05, 0) is 42.5 Å². The van der Waals surface area contributed by atoms with E-state index in [9.17, 15) is 14.4 Å². The summed E-state index contributed by atoms with van der Waals surface area (Å²) in [4.78, 5) is 43.2. The maximum absolute atomic E-state index is 13.0. The zero-order valence-electron chi connectivity index (χ0n) is 18.6. The topological polar surface area (TPSA) is 103 Å². The Hall–Kier alpha value is -3.42. The summed E-state index contributed by atoms with van der Waals surface area (Å²) in [6.07, 6.45) is 3.97. The van der Waals surface area contributed by atoms with Gasteiger partial charge in [-0.1, -0.05) is 30.3 Å². The van der Waals surface area contributed by atoms with Crippen molar-refractivity contribution in [1.82, 2.24) is 20.5 Å². The number of hydrogen-bond donors (Lipinski definition) is 3. The van der Waals surface area contributed by atoms with Crippen molar-refractivity contribution < 1.29 is 14.4 Å². The molecule has 3 rings (SSSR count). The van der Waals surface area contributed by atoms with Gasteiger partial charge in [0.2, 0.25) is 17.7 Å². The Morgan fingerprint density at radius 2 is 1.91 bits per heavy atom. The van der Waals surface area contributed by atoms with Crippen LogP contribution in [0.15, 0.2) is 48.7 Å². The molecule has 0 saturated carbocycles. The summed E-state index contributed by atoms with van der Waals surface area (Å²) >= 11 is 0. The van der Waals surface area contributed by atoms with Gasteiger partial charge in [0.25, 0.3) is 0 Å². The number of aromatic nitrogens is 1. The fourth-order valence-corrected chi connectivity index (χ4v) is 4.01. The van der Waals surface area contributed by atoms with Gasteiger partial charge in [-0.25, -0.2) is 4.98 Å². The fraction of sp³-hybridized carbons (Fsp3) is 0.417. The Bertz CT molecular complexity index is 934. The molecule has 170 valence electrons. The SMILES string of the molecule is CNc1cc(CNC(=O)C2CC(NC(C)=O)CN2C(=O)CCCc2ccccc2)ccn1. The first-order chi connectivity index (χ1) is 15.5. The molecule has 1 saturated heterocycles. The summed E-state index contributed by atoms with van der Waals surface area (Å²) in [5.74, 6) is 0.287. The van der Waals surface area contributed by atoms with Crippen LogP contribution in [0.1, 0.15) is 37.3 Å². The van der Waals surface area contributed by atoms with Crippen molar-refractivity contribution in [1.29, 1.82) is 0 Å². The fourth-order valence-electron chi connectivity index (χ4n) is 4.01. The van der Waals surface area contributed by atoms with Gasteiger partial charge in [0.15, 0.2) is 0 Å². The summed E-state index contributed by atoms with van der Waals surface area (Å²) in [5, 5.41) is 8.76. The van der Waals surface area contributed by atoms with Crippen molar-refractivity contribution in [3.8, 4) is 0 Å². The molecule has 1 aromatic heterocycles. The number of pyridine rings is 1. The zero-order chi connectivity index (χ0) is 22.9. The number of benzene rings is 1. The van der Waals surface area contributed by atoms with E-state index in [1.807, 2.05) is 42.5 Å². The minimum Gasteiger partial charge on any atom is -0.373 e. The molecular weight excluding hydrogens is 406 g/mol. The third kappa shape index (κ3) is 6.54. The van der Waals surface area contributed by atoms with Crippen LogP contribution >= 0.6 is 0 Å². The Morgan fingerprint density at radius 3 is 2.62 bits per heavy atom. The molecule has 8 nitrogen and oxygen atoms in total. The minimum atomic E-state index is -0.596. The smallest absolute Gasteiger partial charge is 0.243 e. The molecule has 2 unspecified atom stereocenters. The van der Waals surface area contributed by atoms with Gasteiger partial charge >= 0.3 is 0 Å². The summed E-state index contributed by atoms with van der Waals surface area (Å²) in [5.41, 5.74) is 2.10. The minimum absolute atomic E-state index is 0.0599. The van der Waals surface area contributed by atoms with E-state index >= 15 is 0 Å². The van der Waals surface area contributed by atoms with Crippen LogP contribution in [-0.2, 0) is 27.3 Å². The van der Waals surface area contributed by atoms with E-state index < -0.39 is 6.04 Å². The van der Waals surface area contributed by atoms with E-state index in [4.69, 9.17) is 0 Å². The van der Waals surface area contributed by atoms with E-state index in [-0.39, 0.29) is 23.8 Å². The number of hydrogen-bond acceptors (Lipinski definition) is 5. The standard InChI is InChI=1S/C24H31N5O3/c1-17(30)28-20-14-21(24(32)27-15-19-11-12-26-22(13-19)25-2)29(16-20)23(31)10-6-9-18-7-4-3-5-8-18/h3-5,7-8,11-13,20-21H,6,9-10,14-16H2,1-2H3,(H,25,26)(H,27,32)(H,28,30). The molecule has 0 aliphatic carbocycles. The summed E-state index contributed by atoms with van der Waals surface area (Å²) in [6.45, 7) is 2.14. The third-order valence-corrected chi connectivity index (χ3v) is 5.58. The molecule has 8 heteroatoms. The van der Waals surface area contributed by atoms with Crippen LogP contribution in [0.2, 0.25) is 0 Å². The van der Waals surface area contributed by atoms with E-state index in [0.29, 0.717) is 32.4 Å². The number of aryl methyl sites for hydroxylation is 1. The average Bonchev–Trinajstić information content (AvgIpc) is 3.21. The average molecular weight is 438 g/mol. The highest BCUT2D eigenvalue weighted by Crippen LogP contribution is 2.21. The van der Waals surface area contributed by atoms with E-state index in [1.165, 1.54) is 12.5 Å². The number of amides is 3. The molecule has 32 heavy (non-hydrogen) atoms. The Kier molecular flexibility index (Phi) is 8.19. The largest absolute Gasteiger partial charge is 0.373 e. The number of rotatable bonds is 9. The number of carbonyl (C=O) groups excluding carboxylic acids is 3. The molecule has 1 aliphatic heterocycles. The van der Waals surface area contributed by atoms with Crippen LogP contribution in [0.4, 0.5) is 5.82 Å². The zero-order valence-corrected chi connectivity index (χ0v) is 18.6. The van der Waals surface area contributed by atoms with Gasteiger partial charge in [0.1, 0.15) is 11.9 Å². The van der Waals surface area contributed by atoms with Crippen LogP contribution in [0, 0.1) is 0 Å². The highest BCUT2D eigenvalue weighted by Gasteiger charge is 2.39. The van der Waals surface area contributed by atoms with Crippen LogP contribution in [-0.4, -0.2) is 53.3 Å². The van der Waals surface area contributed by atoms with Crippen molar-refractivity contribution >= 4 is 23.5 Å². The molecule has 0 bridgehead atoms. The third-order valence-electron chi connectivity index (χ3n) is 5.58. The van der Waals surface area contributed by atoms with E-state index in [1.54, 1.807) is 18.1 Å². The molecule has 3 N–H and O–H groups in total. The van der Waals surface area contributed by atoms with E-state index in [2.05, 4.69) is 20.9 Å². The molecule has 1 fully saturated rings. The highest BCUT2D eigenvalue weighted by molar-refractivity contribution is 5.88. The second-order valence-corrected chi connectivity index (χ2v) is 8.05. The molecule has 1 aromatic carbocycles. The lowest BCUT2D eigenvalue weighted by atomic mass is 10.1. The Morgan fingerprint density at radius 1 is 1.12 bits per heavy atom. The van der Waals surface area contributed by atoms with Gasteiger partial charge in [-0.2, -0.15) is 0 Å². The molecule has 3 amide bonds. The first kappa shape index (κ1) is 23.2. The normalized spacial score (nSPS) is 17.6. The maximum Gasteiger partial charge on any atom is 0.243 e. The monoisotopic (exact) mass is 437 g/mol. The van der Waals surface area contributed by atoms with Crippen LogP contribution in [0.25, 0.3) is 0 Å². The van der Waals surface area contributed by atoms with Crippen molar-refractivity contribution in [2.75, 3.05) is 18.9 Å². The van der Waals surface area contributed by atoms with Crippen molar-refractivity contribution in [3.05, 3.63) is 59.8 Å². The second kappa shape index (κ2) is 11.3. The van der Waals surface area contributed by atoms with Gasteiger partial charge in [-0.3, -0.25) is 14.4 Å². The lowest BCUT2D eigenvalue weighted by Crippen LogP contribution is -2.45. The summed E-state index contributed by atoms with van der Waals surface area (Å²) < 4.78 is 0. The van der Waals surface area contributed by atoms with Gasteiger partial charge in [0.05, 0.1) is 0 Å². The number of nitrogens with one attached hydrogen (secondary N) is 3. The van der Waals surface area contributed by atoms with Crippen LogP contribution in [0.5, 0.6) is 0 Å². The quantitative estimate of drug-likeness (QED) is 0.556. The Balaban J connectivity index is 1.60. The lowest BCUT2D eigenvalue weighted by Gasteiger charge is -2.24. The van der Waals surface area contributed by atoms with Gasteiger partial charge in [-0.15, -0.1) is 0 Å². The molecule has 2 atom stereocenters. The predicted molar refractivity (Wildman–Crippen MR) is 123 cm³/mol. The molecule has 0 spiro atoms. The van der Waals surface area contributed by atoms with Gasteiger partial charge < -0.3 is 20.9 Å². The first-order valence-electron chi connectivity index (χ1n) is 11.0. The highest BCUT2D eigenvalue weighted by atomic mass is 16.2. The molecule has 1 aliphatic rings. The molecular formula is C24H31N5O3. The number of carbonyl (C=O) groups is 3. The predicted octanol–water partition coefficient (Wildman–Crippen LogP) is 1.87. The van der Waals surface area contributed by atoms with Crippen molar-refractivity contribution in [3.63, 3.8) is 0 Å². The summed E-state index contributed by atoms with van der Waals surface area (Å²) in [6, 6.07) is 12.9. The summed E-state index contributed by atoms with van der Waals surface area (Å²) in [7, 11) is 1.78. The van der Waals surface area contributed by atoms with Crippen LogP contribution in [0.3, 0.4) is 0 Å². The van der Waals surface area contributed by atoms with Crippen LogP contribution < -0.4 is 16.0 Å². The number of likely N-dealkylation sites (tertiary alicyclic amines) is 1. The second-order valence-electron chi connectivity index (χ2n) is 8.05. The van der Waals surface area contributed by atoms with Crippen molar-refractivity contribution in [2.24, 2.45) is 0 Å². The lowest BCUT2D eigenvalue weighted by molar-refractivity contribution is -0.138.